The highest BCUT2D eigenvalue weighted by molar-refractivity contribution is 6.00. The number of aliphatic carboxylic acids is 2. The number of para-hydroxylation sites is 1. The minimum Gasteiger partial charge on any atom is -0.508 e. The van der Waals surface area contributed by atoms with Crippen LogP contribution in [0.25, 0.3) is 10.9 Å². The highest BCUT2D eigenvalue weighted by Gasteiger charge is 2.37. The quantitative estimate of drug-likeness (QED) is 0.0111. The van der Waals surface area contributed by atoms with Crippen LogP contribution in [-0.4, -0.2) is 211 Å². The number of phenols is 2. The number of benzene rings is 3. The largest absolute Gasteiger partial charge is 0.508 e. The molecule has 1 heterocycles. The third-order valence-corrected chi connectivity index (χ3v) is 15.4. The van der Waals surface area contributed by atoms with E-state index in [9.17, 15) is 92.7 Å². The van der Waals surface area contributed by atoms with Crippen LogP contribution in [0.4, 0.5) is 0 Å². The predicted octanol–water partition coefficient (Wildman–Crippen LogP) is -6.02. The number of carbonyl (C=O) groups excluding carboxylic acids is 12. The first-order valence-corrected chi connectivity index (χ1v) is 31.9. The number of H-pyrrole nitrogens is 1. The molecule has 0 radical (unpaired) electrons. The zero-order chi connectivity index (χ0) is 75.2. The van der Waals surface area contributed by atoms with Crippen LogP contribution >= 0.6 is 0 Å². The number of amides is 12. The Morgan fingerprint density at radius 1 is 0.465 bits per heavy atom. The summed E-state index contributed by atoms with van der Waals surface area (Å²) >= 11 is 0. The number of primary amides is 2. The second-order valence-electron chi connectivity index (χ2n) is 24.1. The molecule has 0 bridgehead atoms. The standard InChI is InChI=1S/C64H89N17O20/c1-31(2)23-39(65)54(91)76-44(24-33-10-14-36(84)15-11-33)58(95)74-43(19-21-51(67)87)57(94)80-49(30-83)62(99)78-46(26-35-28-71-40-8-5-4-7-38(35)40)60(97)73-41(9-6-22-70-64(68)69)56(93)77-45(25-34-12-16-37(85)17-13-34)59(96)81-48(29-82)61(98)75-42(18-20-50(66)86)55(92)72-32(3)53(90)79-47(63(100)101)27-52(88)89/h4-5,7-8,10-17,28,31-32,39,41-49,71,82-85H,6,9,18-27,29-30,65H2,1-3H3,(H2,66,86)(H2,67,87)(H,72,92)(H,73,97)(H,74,95)(H,75,98)(H,76,91)(H,77,93)(H,78,99)(H,79,90)(H,80,94)(H,81,96)(H,88,89)(H,100,101)(H4,68,69,70)/t32-,39-,41-,42-,43-,44-,45-,46-,47-,48-,49-/m0/s1. The van der Waals surface area contributed by atoms with E-state index in [1.54, 1.807) is 24.3 Å². The minimum absolute atomic E-state index is 0.0256. The van der Waals surface area contributed by atoms with Gasteiger partial charge in [0.15, 0.2) is 5.96 Å². The first kappa shape index (κ1) is 82.0. The van der Waals surface area contributed by atoms with Crippen LogP contribution in [0, 0.1) is 5.92 Å². The number of carbonyl (C=O) groups is 14. The van der Waals surface area contributed by atoms with Gasteiger partial charge < -0.3 is 117 Å². The van der Waals surface area contributed by atoms with Gasteiger partial charge in [0.2, 0.25) is 70.9 Å². The van der Waals surface area contributed by atoms with Crippen molar-refractivity contribution in [3.05, 3.63) is 95.7 Å². The first-order valence-electron chi connectivity index (χ1n) is 31.9. The number of aromatic nitrogens is 1. The van der Waals surface area contributed by atoms with E-state index in [0.29, 0.717) is 22.0 Å². The summed E-state index contributed by atoms with van der Waals surface area (Å²) in [6, 6.07) is -0.787. The summed E-state index contributed by atoms with van der Waals surface area (Å²) in [4.78, 5) is 195. The summed E-state index contributed by atoms with van der Waals surface area (Å²) in [6.07, 6.45) is -2.72. The number of aromatic hydroxyl groups is 2. The van der Waals surface area contributed by atoms with Crippen LogP contribution in [0.5, 0.6) is 11.5 Å². The van der Waals surface area contributed by atoms with Crippen molar-refractivity contribution in [2.45, 2.75) is 158 Å². The van der Waals surface area contributed by atoms with E-state index in [-0.39, 0.29) is 67.6 Å². The molecule has 101 heavy (non-hydrogen) atoms. The normalized spacial score (nSPS) is 14.3. The molecule has 1 aromatic heterocycles. The van der Waals surface area contributed by atoms with Crippen LogP contribution in [0.1, 0.15) is 88.8 Å². The minimum atomic E-state index is -1.97. The molecule has 0 aliphatic carbocycles. The first-order chi connectivity index (χ1) is 47.7. The van der Waals surface area contributed by atoms with Gasteiger partial charge in [0, 0.05) is 55.7 Å². The second-order valence-corrected chi connectivity index (χ2v) is 24.1. The van der Waals surface area contributed by atoms with Crippen molar-refractivity contribution in [1.29, 1.82) is 0 Å². The third-order valence-electron chi connectivity index (χ3n) is 15.4. The molecule has 12 amide bonds. The molecule has 0 aliphatic heterocycles. The number of hydrogen-bond acceptors (Lipinski definition) is 20. The lowest BCUT2D eigenvalue weighted by Crippen LogP contribution is -2.61. The Kier molecular flexibility index (Phi) is 32.8. The summed E-state index contributed by atoms with van der Waals surface area (Å²) < 4.78 is 0. The SMILES string of the molecule is CC(C)C[C@H](N)C(=O)N[C@@H](Cc1ccc(O)cc1)C(=O)N[C@@H](CCC(N)=O)C(=O)N[C@@H](CO)C(=O)N[C@@H](Cc1c[nH]c2ccccc12)C(=O)N[C@@H](CCCN=C(N)N)C(=O)N[C@@H](Cc1ccc(O)cc1)C(=O)N[C@@H](CO)C(=O)N[C@@H](CCC(N)=O)C(=O)N[C@@H](C)C(=O)N[C@@H](CC(=O)O)C(=O)O. The maximum Gasteiger partial charge on any atom is 0.326 e. The number of guanidine groups is 1. The Hall–Kier alpha value is -11.5. The van der Waals surface area contributed by atoms with Gasteiger partial charge in [0.05, 0.1) is 25.7 Å². The molecule has 0 spiro atoms. The average Bonchev–Trinajstić information content (AvgIpc) is 1.71. The van der Waals surface area contributed by atoms with Crippen molar-refractivity contribution >= 4 is 99.7 Å². The van der Waals surface area contributed by atoms with Gasteiger partial charge in [-0.1, -0.05) is 56.3 Å². The van der Waals surface area contributed by atoms with Gasteiger partial charge in [-0.2, -0.15) is 0 Å². The van der Waals surface area contributed by atoms with E-state index in [0.717, 1.165) is 6.92 Å². The Morgan fingerprint density at radius 2 is 0.851 bits per heavy atom. The third kappa shape index (κ3) is 28.1. The second kappa shape index (κ2) is 40.4. The zero-order valence-corrected chi connectivity index (χ0v) is 55.6. The fourth-order valence-electron chi connectivity index (χ4n) is 10.0. The molecule has 550 valence electrons. The number of nitrogens with one attached hydrogen (secondary N) is 11. The van der Waals surface area contributed by atoms with E-state index in [1.165, 1.54) is 54.7 Å². The maximum absolute atomic E-state index is 14.9. The smallest absolute Gasteiger partial charge is 0.326 e. The van der Waals surface area contributed by atoms with Gasteiger partial charge in [-0.15, -0.1) is 0 Å². The van der Waals surface area contributed by atoms with Crippen LogP contribution in [-0.2, 0) is 86.4 Å². The van der Waals surface area contributed by atoms with Crippen molar-refractivity contribution < 1.29 is 97.8 Å². The molecular weight excluding hydrogens is 1330 g/mol. The number of rotatable bonds is 43. The lowest BCUT2D eigenvalue weighted by Gasteiger charge is -2.28. The lowest BCUT2D eigenvalue weighted by molar-refractivity contribution is -0.147. The fourth-order valence-corrected chi connectivity index (χ4v) is 10.0. The summed E-state index contributed by atoms with van der Waals surface area (Å²) in [5.74, 6) is -16.9. The number of nitrogens with two attached hydrogens (primary N) is 5. The molecule has 37 nitrogen and oxygen atoms in total. The van der Waals surface area contributed by atoms with Crippen LogP contribution in [0.3, 0.4) is 0 Å². The Morgan fingerprint density at radius 3 is 1.28 bits per heavy atom. The topological polar surface area (TPSA) is 639 Å². The molecule has 3 aromatic carbocycles. The monoisotopic (exact) mass is 1420 g/mol. The number of nitrogens with zero attached hydrogens (tertiary/aromatic N) is 1. The molecule has 4 aromatic rings. The van der Waals surface area contributed by atoms with E-state index in [2.05, 4.69) is 57.8 Å². The zero-order valence-electron chi connectivity index (χ0n) is 55.6. The number of fused-ring (bicyclic) bond motifs is 1. The highest BCUT2D eigenvalue weighted by atomic mass is 16.4. The van der Waals surface area contributed by atoms with E-state index < -0.39 is 201 Å². The number of aliphatic hydroxyl groups is 2. The number of carboxylic acid groups (broad SMARTS) is 2. The number of carboxylic acids is 2. The Balaban J connectivity index is 1.68. The molecule has 0 saturated heterocycles. The molecule has 4 rings (SSSR count). The van der Waals surface area contributed by atoms with E-state index >= 15 is 0 Å². The molecule has 0 aliphatic rings. The van der Waals surface area contributed by atoms with Gasteiger partial charge in [-0.05, 0) is 92.0 Å². The van der Waals surface area contributed by atoms with Crippen LogP contribution in [0.2, 0.25) is 0 Å². The van der Waals surface area contributed by atoms with Crippen molar-refractivity contribution in [2.75, 3.05) is 19.8 Å². The number of phenolic OH excluding ortho intramolecular Hbond substituents is 2. The van der Waals surface area contributed by atoms with E-state index in [1.807, 2.05) is 19.2 Å². The highest BCUT2D eigenvalue weighted by Crippen LogP contribution is 2.21. The number of aromatic amines is 1. The van der Waals surface area contributed by atoms with Crippen molar-refractivity contribution in [3.8, 4) is 11.5 Å². The number of hydrogen-bond donors (Lipinski definition) is 22. The van der Waals surface area contributed by atoms with Gasteiger partial charge in [0.25, 0.3) is 0 Å². The van der Waals surface area contributed by atoms with Gasteiger partial charge >= 0.3 is 11.9 Å². The number of aliphatic imine (C=N–C) groups is 1. The van der Waals surface area contributed by atoms with Gasteiger partial charge in [-0.3, -0.25) is 67.3 Å². The summed E-state index contributed by atoms with van der Waals surface area (Å²) in [5.41, 5.74) is 29.8. The maximum atomic E-state index is 14.9. The van der Waals surface area contributed by atoms with Gasteiger partial charge in [0.1, 0.15) is 71.9 Å². The molecule has 0 unspecified atom stereocenters. The summed E-state index contributed by atoms with van der Waals surface area (Å²) in [6.45, 7) is 2.25. The van der Waals surface area contributed by atoms with Gasteiger partial charge in [-0.25, -0.2) is 4.79 Å². The van der Waals surface area contributed by atoms with Crippen LogP contribution < -0.4 is 81.8 Å². The fraction of sp³-hybridized carbons (Fsp3) is 0.453. The molecule has 11 atom stereocenters. The van der Waals surface area contributed by atoms with E-state index in [4.69, 9.17) is 33.8 Å². The molecular formula is C64H89N17O20. The number of aliphatic hydroxyl groups excluding tert-OH is 2. The van der Waals surface area contributed by atoms with Crippen LogP contribution in [0.15, 0.2) is 84.0 Å². The summed E-state index contributed by atoms with van der Waals surface area (Å²) in [5, 5.41) is 84.0. The van der Waals surface area contributed by atoms with Crippen molar-refractivity contribution in [2.24, 2.45) is 39.6 Å². The lowest BCUT2D eigenvalue weighted by atomic mass is 10.0. The molecule has 0 saturated carbocycles. The molecule has 27 N–H and O–H groups in total. The summed E-state index contributed by atoms with van der Waals surface area (Å²) in [7, 11) is 0. The Labute approximate surface area is 578 Å². The van der Waals surface area contributed by atoms with Crippen molar-refractivity contribution in [3.63, 3.8) is 0 Å². The molecule has 37 heteroatoms. The van der Waals surface area contributed by atoms with Crippen molar-refractivity contribution in [1.82, 2.24) is 58.2 Å². The molecule has 0 fully saturated rings. The predicted molar refractivity (Wildman–Crippen MR) is 359 cm³/mol. The average molecular weight is 1420 g/mol. The Bertz CT molecular complexity index is 3600.